The SMILES string of the molecule is COc1cccc(C(=O)NC2CCN(Cc3ccc4ccc(COCCC(C)OC)cc4c3)CC2)c1. The molecule has 1 fully saturated rings. The second-order valence-corrected chi connectivity index (χ2v) is 9.66. The van der Waals surface area contributed by atoms with Crippen LogP contribution in [-0.4, -0.2) is 56.9 Å². The molecule has 0 spiro atoms. The first-order chi connectivity index (χ1) is 17.5. The summed E-state index contributed by atoms with van der Waals surface area (Å²) in [6.07, 6.45) is 3.02. The van der Waals surface area contributed by atoms with Crippen LogP contribution < -0.4 is 10.1 Å². The summed E-state index contributed by atoms with van der Waals surface area (Å²) in [6, 6.07) is 20.8. The van der Waals surface area contributed by atoms with Crippen molar-refractivity contribution in [3.05, 3.63) is 77.4 Å². The maximum atomic E-state index is 12.6. The van der Waals surface area contributed by atoms with Crippen molar-refractivity contribution in [1.82, 2.24) is 10.2 Å². The first-order valence-corrected chi connectivity index (χ1v) is 12.8. The summed E-state index contributed by atoms with van der Waals surface area (Å²) in [5.41, 5.74) is 3.15. The lowest BCUT2D eigenvalue weighted by atomic mass is 10.0. The molecule has 192 valence electrons. The monoisotopic (exact) mass is 490 g/mol. The van der Waals surface area contributed by atoms with Gasteiger partial charge in [0.15, 0.2) is 0 Å². The lowest BCUT2D eigenvalue weighted by molar-refractivity contribution is 0.0557. The first-order valence-electron chi connectivity index (χ1n) is 12.8. The van der Waals surface area contributed by atoms with Crippen LogP contribution >= 0.6 is 0 Å². The van der Waals surface area contributed by atoms with Gasteiger partial charge < -0.3 is 19.5 Å². The van der Waals surface area contributed by atoms with E-state index < -0.39 is 0 Å². The molecule has 1 amide bonds. The van der Waals surface area contributed by atoms with Crippen LogP contribution in [0.2, 0.25) is 0 Å². The fourth-order valence-electron chi connectivity index (χ4n) is 4.62. The lowest BCUT2D eigenvalue weighted by Crippen LogP contribution is -2.44. The van der Waals surface area contributed by atoms with Crippen molar-refractivity contribution in [2.45, 2.75) is 51.5 Å². The van der Waals surface area contributed by atoms with Crippen molar-refractivity contribution in [1.29, 1.82) is 0 Å². The number of nitrogens with zero attached hydrogens (tertiary/aromatic N) is 1. The average Bonchev–Trinajstić information content (AvgIpc) is 2.91. The van der Waals surface area contributed by atoms with Gasteiger partial charge in [0.25, 0.3) is 5.91 Å². The molecule has 3 aromatic carbocycles. The average molecular weight is 491 g/mol. The molecule has 4 rings (SSSR count). The van der Waals surface area contributed by atoms with Gasteiger partial charge in [-0.05, 0) is 78.4 Å². The van der Waals surface area contributed by atoms with Gasteiger partial charge in [-0.15, -0.1) is 0 Å². The van der Waals surface area contributed by atoms with Crippen LogP contribution in [0.25, 0.3) is 10.8 Å². The quantitative estimate of drug-likeness (QED) is 0.375. The fourth-order valence-corrected chi connectivity index (χ4v) is 4.62. The minimum Gasteiger partial charge on any atom is -0.497 e. The number of rotatable bonds is 11. The molecule has 0 radical (unpaired) electrons. The molecule has 1 aliphatic heterocycles. The molecule has 0 bridgehead atoms. The number of piperidine rings is 1. The molecule has 1 saturated heterocycles. The summed E-state index contributed by atoms with van der Waals surface area (Å²) in [5, 5.41) is 5.69. The number of benzene rings is 3. The van der Waals surface area contributed by atoms with Crippen molar-refractivity contribution in [2.75, 3.05) is 33.9 Å². The third kappa shape index (κ3) is 7.29. The predicted octanol–water partition coefficient (Wildman–Crippen LogP) is 5.18. The largest absolute Gasteiger partial charge is 0.497 e. The first kappa shape index (κ1) is 26.1. The molecule has 0 aliphatic carbocycles. The van der Waals surface area contributed by atoms with E-state index in [0.717, 1.165) is 38.9 Å². The van der Waals surface area contributed by atoms with Gasteiger partial charge >= 0.3 is 0 Å². The minimum atomic E-state index is -0.0325. The normalized spacial score (nSPS) is 15.6. The zero-order chi connectivity index (χ0) is 25.3. The topological polar surface area (TPSA) is 60.0 Å². The molecule has 1 aliphatic rings. The second kappa shape index (κ2) is 12.9. The van der Waals surface area contributed by atoms with E-state index in [1.807, 2.05) is 18.2 Å². The number of amides is 1. The molecule has 6 heteroatoms. The number of ether oxygens (including phenoxy) is 3. The molecule has 0 saturated carbocycles. The van der Waals surface area contributed by atoms with E-state index in [0.29, 0.717) is 24.5 Å². The molecular formula is C30H38N2O4. The Kier molecular flexibility index (Phi) is 9.34. The lowest BCUT2D eigenvalue weighted by Gasteiger charge is -2.32. The highest BCUT2D eigenvalue weighted by atomic mass is 16.5. The number of hydrogen-bond donors (Lipinski definition) is 1. The van der Waals surface area contributed by atoms with E-state index in [1.54, 1.807) is 20.3 Å². The van der Waals surface area contributed by atoms with Crippen molar-refractivity contribution < 1.29 is 19.0 Å². The number of methoxy groups -OCH3 is 2. The summed E-state index contributed by atoms with van der Waals surface area (Å²) in [7, 11) is 3.34. The van der Waals surface area contributed by atoms with Gasteiger partial charge in [0.2, 0.25) is 0 Å². The molecule has 1 atom stereocenters. The maximum Gasteiger partial charge on any atom is 0.251 e. The van der Waals surface area contributed by atoms with Crippen LogP contribution in [0, 0.1) is 0 Å². The predicted molar refractivity (Wildman–Crippen MR) is 143 cm³/mol. The van der Waals surface area contributed by atoms with Crippen LogP contribution in [0.15, 0.2) is 60.7 Å². The number of hydrogen-bond acceptors (Lipinski definition) is 5. The van der Waals surface area contributed by atoms with E-state index in [2.05, 4.69) is 53.5 Å². The van der Waals surface area contributed by atoms with Gasteiger partial charge in [0.05, 0.1) is 19.8 Å². The molecule has 0 aromatic heterocycles. The standard InChI is InChI=1S/C30H38N2O4/c1-22(34-2)13-16-36-21-24-8-10-25-9-7-23(17-27(25)18-24)20-32-14-11-28(12-15-32)31-30(33)26-5-4-6-29(19-26)35-3/h4-10,17-19,22,28H,11-16,20-21H2,1-3H3,(H,31,33). The van der Waals surface area contributed by atoms with Gasteiger partial charge in [0, 0.05) is 45.0 Å². The van der Waals surface area contributed by atoms with Crippen LogP contribution in [0.3, 0.4) is 0 Å². The van der Waals surface area contributed by atoms with Crippen LogP contribution in [0.4, 0.5) is 0 Å². The third-order valence-corrected chi connectivity index (χ3v) is 6.97. The number of nitrogens with one attached hydrogen (secondary N) is 1. The minimum absolute atomic E-state index is 0.0325. The molecule has 1 heterocycles. The molecule has 3 aromatic rings. The Labute approximate surface area is 214 Å². The van der Waals surface area contributed by atoms with Crippen molar-refractivity contribution >= 4 is 16.7 Å². The molecule has 1 N–H and O–H groups in total. The second-order valence-electron chi connectivity index (χ2n) is 9.66. The van der Waals surface area contributed by atoms with Crippen molar-refractivity contribution in [3.8, 4) is 5.75 Å². The Hall–Kier alpha value is -2.93. The highest BCUT2D eigenvalue weighted by molar-refractivity contribution is 5.94. The van der Waals surface area contributed by atoms with Gasteiger partial charge in [-0.1, -0.05) is 30.3 Å². The Bertz CT molecular complexity index is 1140. The Morgan fingerprint density at radius 1 is 1.00 bits per heavy atom. The van der Waals surface area contributed by atoms with Crippen LogP contribution in [0.1, 0.15) is 47.7 Å². The van der Waals surface area contributed by atoms with Crippen LogP contribution in [0.5, 0.6) is 5.75 Å². The highest BCUT2D eigenvalue weighted by Gasteiger charge is 2.21. The Balaban J connectivity index is 1.27. The Morgan fingerprint density at radius 3 is 2.50 bits per heavy atom. The van der Waals surface area contributed by atoms with E-state index in [-0.39, 0.29) is 18.1 Å². The number of carbonyl (C=O) groups excluding carboxylic acids is 1. The summed E-state index contributed by atoms with van der Waals surface area (Å²) in [6.45, 7) is 6.22. The fraction of sp³-hybridized carbons (Fsp3) is 0.433. The summed E-state index contributed by atoms with van der Waals surface area (Å²) >= 11 is 0. The van der Waals surface area contributed by atoms with Crippen molar-refractivity contribution in [3.63, 3.8) is 0 Å². The summed E-state index contributed by atoms with van der Waals surface area (Å²) < 4.78 is 16.4. The van der Waals surface area contributed by atoms with Gasteiger partial charge in [-0.3, -0.25) is 9.69 Å². The third-order valence-electron chi connectivity index (χ3n) is 6.97. The van der Waals surface area contributed by atoms with Crippen LogP contribution in [-0.2, 0) is 22.6 Å². The smallest absolute Gasteiger partial charge is 0.251 e. The van der Waals surface area contributed by atoms with Gasteiger partial charge in [-0.25, -0.2) is 0 Å². The summed E-state index contributed by atoms with van der Waals surface area (Å²) in [5.74, 6) is 0.666. The molecule has 1 unspecified atom stereocenters. The van der Waals surface area contributed by atoms with Gasteiger partial charge in [-0.2, -0.15) is 0 Å². The van der Waals surface area contributed by atoms with E-state index >= 15 is 0 Å². The van der Waals surface area contributed by atoms with Gasteiger partial charge in [0.1, 0.15) is 5.75 Å². The van der Waals surface area contributed by atoms with Crippen molar-refractivity contribution in [2.24, 2.45) is 0 Å². The summed E-state index contributed by atoms with van der Waals surface area (Å²) in [4.78, 5) is 15.1. The van der Waals surface area contributed by atoms with E-state index in [1.165, 1.54) is 21.9 Å². The van der Waals surface area contributed by atoms with E-state index in [9.17, 15) is 4.79 Å². The maximum absolute atomic E-state index is 12.6. The molecule has 6 nitrogen and oxygen atoms in total. The van der Waals surface area contributed by atoms with E-state index in [4.69, 9.17) is 14.2 Å². The Morgan fingerprint density at radius 2 is 1.75 bits per heavy atom. The number of likely N-dealkylation sites (tertiary alicyclic amines) is 1. The molecular weight excluding hydrogens is 452 g/mol. The zero-order valence-corrected chi connectivity index (χ0v) is 21.7. The zero-order valence-electron chi connectivity index (χ0n) is 21.7. The number of carbonyl (C=O) groups is 1. The molecule has 36 heavy (non-hydrogen) atoms. The number of fused-ring (bicyclic) bond motifs is 1. The highest BCUT2D eigenvalue weighted by Crippen LogP contribution is 2.21.